The predicted molar refractivity (Wildman–Crippen MR) is 136 cm³/mol. The van der Waals surface area contributed by atoms with E-state index in [1.54, 1.807) is 6.07 Å². The van der Waals surface area contributed by atoms with Gasteiger partial charge in [-0.15, -0.1) is 0 Å². The van der Waals surface area contributed by atoms with Crippen LogP contribution in [0.4, 0.5) is 0 Å². The monoisotopic (exact) mass is 502 g/mol. The molecule has 4 N–H and O–H groups in total. The fourth-order valence-corrected chi connectivity index (χ4v) is 6.29. The third-order valence-electron chi connectivity index (χ3n) is 7.96. The quantitative estimate of drug-likeness (QED) is 0.451. The number of Topliss-reactive ketones (excluding diaryl/α,β-unsaturated/α-hetero) is 3. The molecule has 0 aliphatic heterocycles. The molecule has 0 saturated carbocycles. The Morgan fingerprint density at radius 2 is 1.70 bits per heavy atom. The van der Waals surface area contributed by atoms with Crippen LogP contribution in [-0.4, -0.2) is 43.4 Å². The van der Waals surface area contributed by atoms with Crippen molar-refractivity contribution in [3.05, 3.63) is 75.8 Å². The second-order valence-corrected chi connectivity index (χ2v) is 10.9. The molecule has 3 atom stereocenters. The van der Waals surface area contributed by atoms with Crippen molar-refractivity contribution in [3.63, 3.8) is 0 Å². The van der Waals surface area contributed by atoms with Crippen LogP contribution in [0.3, 0.4) is 0 Å². The highest BCUT2D eigenvalue weighted by Crippen LogP contribution is 2.52. The van der Waals surface area contributed by atoms with Gasteiger partial charge >= 0.3 is 0 Å². The van der Waals surface area contributed by atoms with Crippen LogP contribution < -0.4 is 0 Å². The molecule has 0 unspecified atom stereocenters. The number of fused-ring (bicyclic) bond motifs is 3. The highest BCUT2D eigenvalue weighted by atomic mass is 16.3. The third kappa shape index (κ3) is 3.72. The molecule has 2 aromatic carbocycles. The van der Waals surface area contributed by atoms with Gasteiger partial charge in [0.2, 0.25) is 5.78 Å². The van der Waals surface area contributed by atoms with Crippen LogP contribution in [0.5, 0.6) is 5.75 Å². The molecule has 7 heteroatoms. The van der Waals surface area contributed by atoms with E-state index >= 15 is 0 Å². The minimum atomic E-state index is -2.48. The predicted octanol–water partition coefficient (Wildman–Crippen LogP) is 4.55. The summed E-state index contributed by atoms with van der Waals surface area (Å²) in [5.41, 5.74) is 0.396. The number of aliphatic hydroxyl groups is 3. The number of allylic oxidation sites excluding steroid dienone is 2. The smallest absolute Gasteiger partial charge is 0.209 e. The molecule has 7 nitrogen and oxygen atoms in total. The number of aliphatic hydroxyl groups excluding tert-OH is 2. The Morgan fingerprint density at radius 3 is 2.32 bits per heavy atom. The Bertz CT molecular complexity index is 1410. The first-order valence-corrected chi connectivity index (χ1v) is 12.6. The summed E-state index contributed by atoms with van der Waals surface area (Å²) >= 11 is 0. The van der Waals surface area contributed by atoms with Gasteiger partial charge in [0.05, 0.1) is 5.56 Å². The zero-order chi connectivity index (χ0) is 26.8. The summed E-state index contributed by atoms with van der Waals surface area (Å²) in [6.07, 6.45) is 1.21. The molecule has 0 radical (unpaired) electrons. The van der Waals surface area contributed by atoms with Gasteiger partial charge in [0.1, 0.15) is 22.8 Å². The number of phenolic OH excluding ortho intramolecular Hbond substituents is 1. The van der Waals surface area contributed by atoms with Gasteiger partial charge in [-0.2, -0.15) is 0 Å². The molecule has 0 saturated heterocycles. The fourth-order valence-electron chi connectivity index (χ4n) is 6.29. The zero-order valence-corrected chi connectivity index (χ0v) is 21.0. The van der Waals surface area contributed by atoms with E-state index in [0.29, 0.717) is 17.9 Å². The standard InChI is InChI=1S/C30H30O7/c1-14(2)10-16-4-6-17(7-5-16)20-8-9-22(32)26-21(20)12-18-11-19-13-23(33)24(15(3)31)28(35)30(19,37)29(36)25(18)27(26)34/h4-9,14,18-19,32-33,36-37H,10-13H2,1-3H3/t18-,19+,30-/m1/s1. The van der Waals surface area contributed by atoms with Crippen molar-refractivity contribution < 1.29 is 34.8 Å². The Balaban J connectivity index is 1.62. The minimum absolute atomic E-state index is 0.0389. The molecular weight excluding hydrogens is 472 g/mol. The van der Waals surface area contributed by atoms with Crippen molar-refractivity contribution in [2.24, 2.45) is 17.8 Å². The first kappa shape index (κ1) is 25.0. The van der Waals surface area contributed by atoms with Crippen molar-refractivity contribution in [1.29, 1.82) is 0 Å². The molecule has 192 valence electrons. The van der Waals surface area contributed by atoms with Gasteiger partial charge in [-0.1, -0.05) is 44.2 Å². The van der Waals surface area contributed by atoms with E-state index in [1.165, 1.54) is 11.6 Å². The molecule has 2 aromatic rings. The first-order valence-electron chi connectivity index (χ1n) is 12.6. The van der Waals surface area contributed by atoms with E-state index in [2.05, 4.69) is 13.8 Å². The molecule has 0 amide bonds. The maximum Gasteiger partial charge on any atom is 0.209 e. The zero-order valence-electron chi connectivity index (χ0n) is 21.0. The van der Waals surface area contributed by atoms with E-state index < -0.39 is 51.9 Å². The van der Waals surface area contributed by atoms with Crippen molar-refractivity contribution in [2.45, 2.75) is 52.1 Å². The van der Waals surface area contributed by atoms with Gasteiger partial charge in [-0.3, -0.25) is 14.4 Å². The first-order chi connectivity index (χ1) is 17.4. The molecule has 0 aromatic heterocycles. The molecular formula is C30H30O7. The maximum atomic E-state index is 13.7. The summed E-state index contributed by atoms with van der Waals surface area (Å²) in [4.78, 5) is 38.8. The highest BCUT2D eigenvalue weighted by molar-refractivity contribution is 6.25. The molecule has 0 heterocycles. The second kappa shape index (κ2) is 8.70. The molecule has 0 spiro atoms. The van der Waals surface area contributed by atoms with Crippen LogP contribution in [0.15, 0.2) is 59.1 Å². The van der Waals surface area contributed by atoms with Gasteiger partial charge in [-0.25, -0.2) is 0 Å². The third-order valence-corrected chi connectivity index (χ3v) is 7.96. The van der Waals surface area contributed by atoms with Crippen LogP contribution >= 0.6 is 0 Å². The fraction of sp³-hybridized carbons (Fsp3) is 0.367. The summed E-state index contributed by atoms with van der Waals surface area (Å²) < 4.78 is 0. The lowest BCUT2D eigenvalue weighted by atomic mass is 9.60. The summed E-state index contributed by atoms with van der Waals surface area (Å²) in [7, 11) is 0. The largest absolute Gasteiger partial charge is 0.511 e. The highest BCUT2D eigenvalue weighted by Gasteiger charge is 2.59. The summed E-state index contributed by atoms with van der Waals surface area (Å²) in [5, 5.41) is 43.6. The Kier molecular flexibility index (Phi) is 5.87. The Morgan fingerprint density at radius 1 is 1.03 bits per heavy atom. The van der Waals surface area contributed by atoms with Crippen LogP contribution in [0.1, 0.15) is 55.1 Å². The number of phenols is 1. The average Bonchev–Trinajstić information content (AvgIpc) is 2.81. The van der Waals surface area contributed by atoms with Gasteiger partial charge in [0.15, 0.2) is 17.2 Å². The van der Waals surface area contributed by atoms with Crippen molar-refractivity contribution in [2.75, 3.05) is 0 Å². The van der Waals surface area contributed by atoms with Crippen LogP contribution in [-0.2, 0) is 22.4 Å². The van der Waals surface area contributed by atoms with E-state index in [1.807, 2.05) is 24.3 Å². The lowest BCUT2D eigenvalue weighted by Crippen LogP contribution is -2.56. The normalized spacial score (nSPS) is 25.2. The van der Waals surface area contributed by atoms with Crippen LogP contribution in [0.25, 0.3) is 11.1 Å². The Labute approximate surface area is 214 Å². The van der Waals surface area contributed by atoms with Gasteiger partial charge in [-0.05, 0) is 66.3 Å². The summed E-state index contributed by atoms with van der Waals surface area (Å²) in [6.45, 7) is 5.40. The second-order valence-electron chi connectivity index (χ2n) is 10.9. The van der Waals surface area contributed by atoms with Crippen molar-refractivity contribution >= 4 is 17.3 Å². The molecule has 3 aliphatic rings. The summed E-state index contributed by atoms with van der Waals surface area (Å²) in [6, 6.07) is 11.3. The Hall–Kier alpha value is -3.71. The number of hydrogen-bond acceptors (Lipinski definition) is 7. The number of rotatable bonds is 4. The molecule has 37 heavy (non-hydrogen) atoms. The van der Waals surface area contributed by atoms with Gasteiger partial charge < -0.3 is 20.4 Å². The SMILES string of the molecule is CC(=O)C1=C(O)C[C@@H]2C[C@@H]3Cc4c(-c5ccc(CC(C)C)cc5)ccc(O)c4C(=O)C3=C(O)[C@]2(O)C1=O. The molecule has 0 bridgehead atoms. The maximum absolute atomic E-state index is 13.7. The number of ketones is 3. The van der Waals surface area contributed by atoms with E-state index in [0.717, 1.165) is 24.5 Å². The van der Waals surface area contributed by atoms with E-state index in [-0.39, 0.29) is 29.7 Å². The number of aromatic hydroxyl groups is 1. The number of hydrogen-bond donors (Lipinski definition) is 4. The van der Waals surface area contributed by atoms with Gasteiger partial charge in [0.25, 0.3) is 0 Å². The molecule has 0 fully saturated rings. The average molecular weight is 503 g/mol. The minimum Gasteiger partial charge on any atom is -0.511 e. The lowest BCUT2D eigenvalue weighted by Gasteiger charge is -2.45. The topological polar surface area (TPSA) is 132 Å². The van der Waals surface area contributed by atoms with E-state index in [9.17, 15) is 34.8 Å². The summed E-state index contributed by atoms with van der Waals surface area (Å²) in [5.74, 6) is -4.85. The van der Waals surface area contributed by atoms with E-state index in [4.69, 9.17) is 0 Å². The molecule has 5 rings (SSSR count). The van der Waals surface area contributed by atoms with Crippen molar-refractivity contribution in [3.8, 4) is 16.9 Å². The number of benzene rings is 2. The lowest BCUT2D eigenvalue weighted by molar-refractivity contribution is -0.144. The van der Waals surface area contributed by atoms with Crippen molar-refractivity contribution in [1.82, 2.24) is 0 Å². The molecule has 3 aliphatic carbocycles. The number of carbonyl (C=O) groups is 3. The van der Waals surface area contributed by atoms with Crippen LogP contribution in [0, 0.1) is 17.8 Å². The number of carbonyl (C=O) groups excluding carboxylic acids is 3. The van der Waals surface area contributed by atoms with Crippen LogP contribution in [0.2, 0.25) is 0 Å². The van der Waals surface area contributed by atoms with Gasteiger partial charge in [0, 0.05) is 17.9 Å².